The van der Waals surface area contributed by atoms with E-state index in [0.29, 0.717) is 0 Å². The summed E-state index contributed by atoms with van der Waals surface area (Å²) < 4.78 is 24.5. The maximum atomic E-state index is 11.2. The van der Waals surface area contributed by atoms with Crippen molar-refractivity contribution in [2.75, 3.05) is 7.05 Å². The molecule has 0 spiro atoms. The zero-order valence-electron chi connectivity index (χ0n) is 6.53. The average molecular weight is 185 g/mol. The van der Waals surface area contributed by atoms with Gasteiger partial charge in [-0.25, -0.2) is 13.1 Å². The summed E-state index contributed by atoms with van der Waals surface area (Å²) in [7, 11) is -2.05. The van der Waals surface area contributed by atoms with Gasteiger partial charge in [-0.3, -0.25) is 0 Å². The number of hydrogen-bond acceptors (Lipinski definition) is 2. The van der Waals surface area contributed by atoms with Gasteiger partial charge in [-0.05, 0) is 25.2 Å². The molecule has 2 N–H and O–H groups in total. The van der Waals surface area contributed by atoms with Gasteiger partial charge in [0.2, 0.25) is 10.0 Å². The normalized spacial score (nSPS) is 11.4. The molecule has 0 unspecified atom stereocenters. The van der Waals surface area contributed by atoms with E-state index in [9.17, 15) is 8.42 Å². The molecule has 0 aliphatic heterocycles. The molecule has 0 aliphatic carbocycles. The molecule has 65 valence electrons. The molecule has 0 aromatic heterocycles. The lowest BCUT2D eigenvalue weighted by Crippen LogP contribution is -2.18. The van der Waals surface area contributed by atoms with Crippen molar-refractivity contribution >= 4 is 15.7 Å². The summed E-state index contributed by atoms with van der Waals surface area (Å²) in [6.45, 7) is 0. The molecule has 0 saturated heterocycles. The monoisotopic (exact) mass is 185 g/mol. The van der Waals surface area contributed by atoms with Gasteiger partial charge in [-0.15, -0.1) is 0 Å². The largest absolute Gasteiger partial charge is 0.301 e. The fourth-order valence-corrected chi connectivity index (χ4v) is 1.56. The molecule has 1 radical (unpaired) electrons. The molecule has 0 atom stereocenters. The maximum absolute atomic E-state index is 11.2. The SMILES string of the molecule is CNS(=O)(=O)c1cccc([NH])c1. The van der Waals surface area contributed by atoms with Gasteiger partial charge in [-0.2, -0.15) is 0 Å². The zero-order valence-corrected chi connectivity index (χ0v) is 7.35. The molecule has 0 saturated carbocycles. The lowest BCUT2D eigenvalue weighted by molar-refractivity contribution is 0.588. The highest BCUT2D eigenvalue weighted by molar-refractivity contribution is 7.89. The fraction of sp³-hybridized carbons (Fsp3) is 0.143. The minimum atomic E-state index is -3.39. The molecule has 0 amide bonds. The van der Waals surface area contributed by atoms with E-state index >= 15 is 0 Å². The van der Waals surface area contributed by atoms with Crippen LogP contribution in [0.4, 0.5) is 5.69 Å². The molecule has 0 bridgehead atoms. The van der Waals surface area contributed by atoms with E-state index in [1.807, 2.05) is 0 Å². The summed E-state index contributed by atoms with van der Waals surface area (Å²) in [5.41, 5.74) is 7.39. The Morgan fingerprint density at radius 1 is 1.42 bits per heavy atom. The third-order valence-corrected chi connectivity index (χ3v) is 2.83. The summed E-state index contributed by atoms with van der Waals surface area (Å²) in [6.07, 6.45) is 0. The highest BCUT2D eigenvalue weighted by Crippen LogP contribution is 2.12. The first-order valence-electron chi connectivity index (χ1n) is 3.31. The van der Waals surface area contributed by atoms with Gasteiger partial charge in [0.05, 0.1) is 10.6 Å². The van der Waals surface area contributed by atoms with Crippen LogP contribution < -0.4 is 10.5 Å². The standard InChI is InChI=1S/C7H9N2O2S/c1-9-12(10,11)7-4-2-3-6(8)5-7/h2-5,8-9H,1H3. The molecular weight excluding hydrogens is 176 g/mol. The first kappa shape index (κ1) is 9.02. The van der Waals surface area contributed by atoms with E-state index in [4.69, 9.17) is 5.73 Å². The topological polar surface area (TPSA) is 70.0 Å². The van der Waals surface area contributed by atoms with Crippen LogP contribution in [0.15, 0.2) is 29.2 Å². The van der Waals surface area contributed by atoms with Crippen LogP contribution in [0.25, 0.3) is 0 Å². The fourth-order valence-electron chi connectivity index (χ4n) is 0.781. The highest BCUT2D eigenvalue weighted by atomic mass is 32.2. The highest BCUT2D eigenvalue weighted by Gasteiger charge is 2.10. The summed E-state index contributed by atoms with van der Waals surface area (Å²) in [6, 6.07) is 5.80. The lowest BCUT2D eigenvalue weighted by atomic mass is 10.3. The molecule has 4 nitrogen and oxygen atoms in total. The Bertz CT molecular complexity index is 373. The summed E-state index contributed by atoms with van der Waals surface area (Å²) in [4.78, 5) is 0.123. The van der Waals surface area contributed by atoms with Crippen LogP contribution in [-0.2, 0) is 10.0 Å². The van der Waals surface area contributed by atoms with Crippen molar-refractivity contribution < 1.29 is 8.42 Å². The van der Waals surface area contributed by atoms with Crippen molar-refractivity contribution in [2.45, 2.75) is 4.90 Å². The molecule has 1 aromatic rings. The van der Waals surface area contributed by atoms with Crippen LogP contribution in [0.3, 0.4) is 0 Å². The Morgan fingerprint density at radius 2 is 2.08 bits per heavy atom. The van der Waals surface area contributed by atoms with E-state index in [0.717, 1.165) is 0 Å². The smallest absolute Gasteiger partial charge is 0.240 e. The van der Waals surface area contributed by atoms with Gasteiger partial charge in [-0.1, -0.05) is 6.07 Å². The minimum absolute atomic E-state index is 0.123. The summed E-state index contributed by atoms with van der Waals surface area (Å²) in [5, 5.41) is 0. The molecule has 0 aliphatic rings. The maximum Gasteiger partial charge on any atom is 0.240 e. The number of benzene rings is 1. The number of rotatable bonds is 2. The molecule has 1 rings (SSSR count). The van der Waals surface area contributed by atoms with Gasteiger partial charge in [0.15, 0.2) is 0 Å². The second-order valence-corrected chi connectivity index (χ2v) is 4.12. The van der Waals surface area contributed by atoms with E-state index in [-0.39, 0.29) is 10.6 Å². The lowest BCUT2D eigenvalue weighted by Gasteiger charge is -2.01. The number of sulfonamides is 1. The molecule has 5 heteroatoms. The number of nitrogens with one attached hydrogen (secondary N) is 2. The van der Waals surface area contributed by atoms with Crippen LogP contribution in [0, 0.1) is 0 Å². The second kappa shape index (κ2) is 3.12. The van der Waals surface area contributed by atoms with Gasteiger partial charge < -0.3 is 5.73 Å². The number of hydrogen-bond donors (Lipinski definition) is 1. The molecular formula is C7H9N2O2S. The average Bonchev–Trinajstić information content (AvgIpc) is 2.05. The zero-order chi connectivity index (χ0) is 9.19. The third-order valence-electron chi connectivity index (χ3n) is 1.41. The molecule has 1 aromatic carbocycles. The Morgan fingerprint density at radius 3 is 2.58 bits per heavy atom. The van der Waals surface area contributed by atoms with Crippen molar-refractivity contribution in [1.29, 1.82) is 0 Å². The van der Waals surface area contributed by atoms with Crippen LogP contribution >= 0.6 is 0 Å². The Hall–Kier alpha value is -1.07. The van der Waals surface area contributed by atoms with E-state index in [1.54, 1.807) is 0 Å². The predicted octanol–water partition coefficient (Wildman–Crippen LogP) is 0.509. The molecule has 0 fully saturated rings. The van der Waals surface area contributed by atoms with Crippen LogP contribution in [0.2, 0.25) is 0 Å². The van der Waals surface area contributed by atoms with Gasteiger partial charge >= 0.3 is 0 Å². The molecule has 12 heavy (non-hydrogen) atoms. The van der Waals surface area contributed by atoms with Crippen molar-refractivity contribution in [1.82, 2.24) is 10.5 Å². The quantitative estimate of drug-likeness (QED) is 0.729. The van der Waals surface area contributed by atoms with Crippen molar-refractivity contribution in [3.05, 3.63) is 24.3 Å². The van der Waals surface area contributed by atoms with Crippen molar-refractivity contribution in [3.63, 3.8) is 0 Å². The van der Waals surface area contributed by atoms with E-state index in [1.165, 1.54) is 31.3 Å². The van der Waals surface area contributed by atoms with Crippen molar-refractivity contribution in [2.24, 2.45) is 0 Å². The predicted molar refractivity (Wildman–Crippen MR) is 45.4 cm³/mol. The second-order valence-electron chi connectivity index (χ2n) is 2.24. The molecule has 0 heterocycles. The Kier molecular flexibility index (Phi) is 2.35. The van der Waals surface area contributed by atoms with E-state index < -0.39 is 10.0 Å². The van der Waals surface area contributed by atoms with Gasteiger partial charge in [0, 0.05) is 0 Å². The summed E-state index contributed by atoms with van der Waals surface area (Å²) in [5.74, 6) is 0. The van der Waals surface area contributed by atoms with Crippen LogP contribution in [0.1, 0.15) is 0 Å². The van der Waals surface area contributed by atoms with Crippen molar-refractivity contribution in [3.8, 4) is 0 Å². The third kappa shape index (κ3) is 1.75. The minimum Gasteiger partial charge on any atom is -0.301 e. The van der Waals surface area contributed by atoms with Crippen LogP contribution in [0.5, 0.6) is 0 Å². The Labute approximate surface area is 71.4 Å². The van der Waals surface area contributed by atoms with Gasteiger partial charge in [0.1, 0.15) is 0 Å². The van der Waals surface area contributed by atoms with E-state index in [2.05, 4.69) is 4.72 Å². The van der Waals surface area contributed by atoms with Crippen LogP contribution in [-0.4, -0.2) is 15.5 Å². The van der Waals surface area contributed by atoms with Gasteiger partial charge in [0.25, 0.3) is 0 Å². The first-order chi connectivity index (χ1) is 5.56. The Balaban J connectivity index is 3.21. The summed E-state index contributed by atoms with van der Waals surface area (Å²) >= 11 is 0. The first-order valence-corrected chi connectivity index (χ1v) is 4.80.